The molecule has 3 aromatic rings. The van der Waals surface area contributed by atoms with Crippen LogP contribution in [0.4, 0.5) is 5.82 Å². The van der Waals surface area contributed by atoms with E-state index in [2.05, 4.69) is 39.3 Å². The fourth-order valence-electron chi connectivity index (χ4n) is 1.92. The minimum Gasteiger partial charge on any atom is -0.358 e. The number of nitrogens with one attached hydrogen (secondary N) is 1. The van der Waals surface area contributed by atoms with E-state index < -0.39 is 0 Å². The quantitative estimate of drug-likeness (QED) is 0.782. The van der Waals surface area contributed by atoms with Gasteiger partial charge in [0.15, 0.2) is 0 Å². The second-order valence-electron chi connectivity index (χ2n) is 4.13. The van der Waals surface area contributed by atoms with Crippen LogP contribution in [0, 0.1) is 11.3 Å². The normalized spacial score (nSPS) is 10.4. The summed E-state index contributed by atoms with van der Waals surface area (Å²) in [6.07, 6.45) is 0. The molecular formula is C15H11N3S2. The lowest BCUT2D eigenvalue weighted by atomic mass is 10.2. The Labute approximate surface area is 125 Å². The van der Waals surface area contributed by atoms with Gasteiger partial charge in [0.05, 0.1) is 6.04 Å². The summed E-state index contributed by atoms with van der Waals surface area (Å²) in [7, 11) is 0. The number of hydrogen-bond donors (Lipinski definition) is 1. The van der Waals surface area contributed by atoms with Crippen LogP contribution < -0.4 is 5.32 Å². The molecule has 3 nitrogen and oxygen atoms in total. The van der Waals surface area contributed by atoms with E-state index in [1.165, 1.54) is 9.75 Å². The molecule has 0 radical (unpaired) electrons. The maximum atomic E-state index is 8.93. The smallest absolute Gasteiger partial charge is 0.142 e. The van der Waals surface area contributed by atoms with Gasteiger partial charge in [-0.3, -0.25) is 0 Å². The maximum Gasteiger partial charge on any atom is 0.142 e. The van der Waals surface area contributed by atoms with Gasteiger partial charge in [0.25, 0.3) is 0 Å². The lowest BCUT2D eigenvalue weighted by molar-refractivity contribution is 0.973. The van der Waals surface area contributed by atoms with Crippen LogP contribution in [-0.4, -0.2) is 4.98 Å². The van der Waals surface area contributed by atoms with Crippen LogP contribution in [-0.2, 0) is 0 Å². The molecule has 0 atom stereocenters. The van der Waals surface area contributed by atoms with Crippen molar-refractivity contribution in [3.05, 3.63) is 68.7 Å². The predicted molar refractivity (Wildman–Crippen MR) is 83.1 cm³/mol. The highest BCUT2D eigenvalue weighted by molar-refractivity contribution is 7.11. The molecule has 0 saturated heterocycles. The molecule has 0 fully saturated rings. The van der Waals surface area contributed by atoms with Crippen LogP contribution >= 0.6 is 22.7 Å². The van der Waals surface area contributed by atoms with Crippen molar-refractivity contribution in [3.8, 4) is 6.07 Å². The standard InChI is InChI=1S/C15H11N3S2/c16-10-11-4-1-7-14(17-11)18-15(12-5-2-8-19-12)13-6-3-9-20-13/h1-9,15H,(H,17,18). The van der Waals surface area contributed by atoms with Gasteiger partial charge in [0.2, 0.25) is 0 Å². The van der Waals surface area contributed by atoms with Gasteiger partial charge in [0, 0.05) is 9.75 Å². The fraction of sp³-hybridized carbons (Fsp3) is 0.0667. The summed E-state index contributed by atoms with van der Waals surface area (Å²) in [5.74, 6) is 0.718. The summed E-state index contributed by atoms with van der Waals surface area (Å²) in [4.78, 5) is 6.75. The monoisotopic (exact) mass is 297 g/mol. The van der Waals surface area contributed by atoms with Crippen LogP contribution in [0.1, 0.15) is 21.5 Å². The first-order valence-electron chi connectivity index (χ1n) is 6.07. The van der Waals surface area contributed by atoms with Crippen LogP contribution in [0.3, 0.4) is 0 Å². The number of nitrogens with zero attached hydrogens (tertiary/aromatic N) is 2. The average molecular weight is 297 g/mol. The highest BCUT2D eigenvalue weighted by atomic mass is 32.1. The molecule has 3 rings (SSSR count). The molecule has 0 aliphatic rings. The largest absolute Gasteiger partial charge is 0.358 e. The zero-order valence-electron chi connectivity index (χ0n) is 10.5. The molecule has 20 heavy (non-hydrogen) atoms. The van der Waals surface area contributed by atoms with Gasteiger partial charge in [-0.05, 0) is 35.0 Å². The molecule has 0 aliphatic heterocycles. The first kappa shape index (κ1) is 12.9. The Hall–Kier alpha value is -2.16. The van der Waals surface area contributed by atoms with Crippen LogP contribution in [0.25, 0.3) is 0 Å². The molecule has 1 N–H and O–H groups in total. The van der Waals surface area contributed by atoms with E-state index in [-0.39, 0.29) is 6.04 Å². The average Bonchev–Trinajstić information content (AvgIpc) is 3.18. The summed E-state index contributed by atoms with van der Waals surface area (Å²) >= 11 is 3.42. The minimum atomic E-state index is 0.0800. The van der Waals surface area contributed by atoms with Crippen molar-refractivity contribution in [2.75, 3.05) is 5.32 Å². The lowest BCUT2D eigenvalue weighted by Crippen LogP contribution is -2.10. The number of hydrogen-bond acceptors (Lipinski definition) is 5. The van der Waals surface area contributed by atoms with Gasteiger partial charge >= 0.3 is 0 Å². The van der Waals surface area contributed by atoms with Gasteiger partial charge in [0.1, 0.15) is 17.6 Å². The second kappa shape index (κ2) is 5.87. The summed E-state index contributed by atoms with van der Waals surface area (Å²) in [6, 6.07) is 15.9. The summed E-state index contributed by atoms with van der Waals surface area (Å²) in [5, 5.41) is 16.5. The van der Waals surface area contributed by atoms with E-state index in [0.29, 0.717) is 5.69 Å². The van der Waals surface area contributed by atoms with E-state index in [0.717, 1.165) is 5.82 Å². The Kier molecular flexibility index (Phi) is 3.77. The van der Waals surface area contributed by atoms with Crippen molar-refractivity contribution in [2.45, 2.75) is 6.04 Å². The number of nitriles is 1. The third-order valence-corrected chi connectivity index (χ3v) is 4.69. The van der Waals surface area contributed by atoms with E-state index in [1.807, 2.05) is 24.3 Å². The van der Waals surface area contributed by atoms with Gasteiger partial charge in [-0.1, -0.05) is 18.2 Å². The topological polar surface area (TPSA) is 48.7 Å². The van der Waals surface area contributed by atoms with Crippen LogP contribution in [0.5, 0.6) is 0 Å². The Morgan fingerprint density at radius 2 is 1.70 bits per heavy atom. The molecular weight excluding hydrogens is 286 g/mol. The summed E-state index contributed by atoms with van der Waals surface area (Å²) in [5.41, 5.74) is 0.422. The van der Waals surface area contributed by atoms with Crippen molar-refractivity contribution in [3.63, 3.8) is 0 Å². The Morgan fingerprint density at radius 3 is 2.25 bits per heavy atom. The summed E-state index contributed by atoms with van der Waals surface area (Å²) < 4.78 is 0. The van der Waals surface area contributed by atoms with Crippen molar-refractivity contribution < 1.29 is 0 Å². The predicted octanol–water partition coefficient (Wildman–Crippen LogP) is 4.28. The number of rotatable bonds is 4. The van der Waals surface area contributed by atoms with Gasteiger partial charge < -0.3 is 5.32 Å². The molecule has 3 aromatic heterocycles. The molecule has 0 spiro atoms. The van der Waals surface area contributed by atoms with E-state index in [9.17, 15) is 0 Å². The van der Waals surface area contributed by atoms with Crippen molar-refractivity contribution in [1.82, 2.24) is 4.98 Å². The molecule has 0 aromatic carbocycles. The highest BCUT2D eigenvalue weighted by Gasteiger charge is 2.16. The zero-order valence-corrected chi connectivity index (χ0v) is 12.1. The van der Waals surface area contributed by atoms with Crippen molar-refractivity contribution >= 4 is 28.5 Å². The van der Waals surface area contributed by atoms with Gasteiger partial charge in [-0.2, -0.15) is 5.26 Å². The van der Waals surface area contributed by atoms with E-state index in [1.54, 1.807) is 28.7 Å². The maximum absolute atomic E-state index is 8.93. The van der Waals surface area contributed by atoms with Crippen molar-refractivity contribution in [2.24, 2.45) is 0 Å². The highest BCUT2D eigenvalue weighted by Crippen LogP contribution is 2.31. The third kappa shape index (κ3) is 2.72. The number of pyridine rings is 1. The molecule has 0 bridgehead atoms. The van der Waals surface area contributed by atoms with Gasteiger partial charge in [-0.25, -0.2) is 4.98 Å². The zero-order chi connectivity index (χ0) is 13.8. The number of aromatic nitrogens is 1. The first-order chi connectivity index (χ1) is 9.86. The lowest BCUT2D eigenvalue weighted by Gasteiger charge is -2.16. The van der Waals surface area contributed by atoms with Crippen LogP contribution in [0.2, 0.25) is 0 Å². The molecule has 3 heterocycles. The van der Waals surface area contributed by atoms with E-state index >= 15 is 0 Å². The van der Waals surface area contributed by atoms with Crippen molar-refractivity contribution in [1.29, 1.82) is 5.26 Å². The first-order valence-corrected chi connectivity index (χ1v) is 7.83. The second-order valence-corrected chi connectivity index (χ2v) is 6.09. The molecule has 0 aliphatic carbocycles. The fourth-order valence-corrected chi connectivity index (χ4v) is 3.58. The minimum absolute atomic E-state index is 0.0800. The molecule has 0 unspecified atom stereocenters. The summed E-state index contributed by atoms with van der Waals surface area (Å²) in [6.45, 7) is 0. The number of thiophene rings is 2. The molecule has 0 saturated carbocycles. The van der Waals surface area contributed by atoms with Gasteiger partial charge in [-0.15, -0.1) is 22.7 Å². The molecule has 98 valence electrons. The molecule has 5 heteroatoms. The van der Waals surface area contributed by atoms with E-state index in [4.69, 9.17) is 5.26 Å². The molecule has 0 amide bonds. The Balaban J connectivity index is 1.93. The SMILES string of the molecule is N#Cc1cccc(NC(c2cccs2)c2cccs2)n1. The number of anilines is 1. The Bertz CT molecular complexity index is 678. The Morgan fingerprint density at radius 1 is 1.00 bits per heavy atom. The van der Waals surface area contributed by atoms with Crippen LogP contribution in [0.15, 0.2) is 53.2 Å². The third-order valence-electron chi connectivity index (χ3n) is 2.81.